The van der Waals surface area contributed by atoms with Crippen molar-refractivity contribution in [3.8, 4) is 0 Å². The number of hydrogen-bond donors (Lipinski definition) is 0. The number of piperazine rings is 1. The van der Waals surface area contributed by atoms with E-state index in [1.807, 2.05) is 11.5 Å². The minimum Gasteiger partial charge on any atom is -0.348 e. The molecule has 0 bridgehead atoms. The topological polar surface area (TPSA) is 35.9 Å². The Bertz CT molecular complexity index is 583. The fourth-order valence-corrected chi connectivity index (χ4v) is 4.06. The van der Waals surface area contributed by atoms with E-state index >= 15 is 0 Å². The molecule has 3 heterocycles. The first kappa shape index (κ1) is 13.9. The summed E-state index contributed by atoms with van der Waals surface area (Å²) in [6, 6.07) is 2.07. The van der Waals surface area contributed by atoms with Gasteiger partial charge in [0.05, 0.1) is 4.91 Å². The van der Waals surface area contributed by atoms with Crippen molar-refractivity contribution >= 4 is 40.2 Å². The molecule has 3 rings (SSSR count). The quantitative estimate of drug-likeness (QED) is 0.746. The molecule has 4 nitrogen and oxygen atoms in total. The number of nitrogens with zero attached hydrogens (tertiary/aromatic N) is 3. The van der Waals surface area contributed by atoms with E-state index in [9.17, 15) is 4.79 Å². The Morgan fingerprint density at radius 2 is 2.05 bits per heavy atom. The Hall–Kier alpha value is -1.11. The molecule has 0 atom stereocenters. The van der Waals surface area contributed by atoms with Gasteiger partial charge < -0.3 is 9.80 Å². The van der Waals surface area contributed by atoms with E-state index in [4.69, 9.17) is 0 Å². The minimum atomic E-state index is -0.100. The monoisotopic (exact) mass is 307 g/mol. The van der Waals surface area contributed by atoms with Crippen molar-refractivity contribution in [1.82, 2.24) is 9.80 Å². The van der Waals surface area contributed by atoms with Crippen LogP contribution in [-0.4, -0.2) is 54.1 Å². The smallest absolute Gasteiger partial charge is 0.286 e. The predicted octanol–water partition coefficient (Wildman–Crippen LogP) is 2.27. The van der Waals surface area contributed by atoms with Crippen LogP contribution in [0.1, 0.15) is 10.4 Å². The average Bonchev–Trinajstić information content (AvgIpc) is 2.99. The number of rotatable bonds is 1. The van der Waals surface area contributed by atoms with Crippen molar-refractivity contribution in [1.29, 1.82) is 0 Å². The second-order valence-corrected chi connectivity index (χ2v) is 7.03. The molecule has 1 aromatic rings. The van der Waals surface area contributed by atoms with E-state index in [2.05, 4.69) is 34.8 Å². The van der Waals surface area contributed by atoms with E-state index in [0.717, 1.165) is 41.1 Å². The Morgan fingerprint density at radius 1 is 1.30 bits per heavy atom. The molecular formula is C14H17N3OS2. The number of amides is 1. The molecule has 0 spiro atoms. The standard InChI is InChI=1S/C14H17N3OS2/c1-10-3-8-19-11(10)9-12-13(18)15-14(20-12)17-6-4-16(2)5-7-17/h3,8-9H,4-7H2,1-2H3/b12-9+. The highest BCUT2D eigenvalue weighted by molar-refractivity contribution is 8.18. The summed E-state index contributed by atoms with van der Waals surface area (Å²) in [7, 11) is 2.12. The number of aliphatic imine (C=N–C) groups is 1. The molecule has 0 radical (unpaired) electrons. The largest absolute Gasteiger partial charge is 0.348 e. The minimum absolute atomic E-state index is 0.100. The summed E-state index contributed by atoms with van der Waals surface area (Å²) < 4.78 is 0. The summed E-state index contributed by atoms with van der Waals surface area (Å²) in [5.74, 6) is -0.100. The third kappa shape index (κ3) is 2.82. The molecule has 2 aliphatic heterocycles. The van der Waals surface area contributed by atoms with Gasteiger partial charge in [-0.1, -0.05) is 0 Å². The third-order valence-electron chi connectivity index (χ3n) is 3.55. The first-order chi connectivity index (χ1) is 9.63. The van der Waals surface area contributed by atoms with E-state index in [-0.39, 0.29) is 5.91 Å². The van der Waals surface area contributed by atoms with Crippen molar-refractivity contribution in [3.05, 3.63) is 26.8 Å². The Balaban J connectivity index is 1.73. The number of carbonyl (C=O) groups excluding carboxylic acids is 1. The zero-order valence-corrected chi connectivity index (χ0v) is 13.3. The molecule has 20 heavy (non-hydrogen) atoms. The number of likely N-dealkylation sites (N-methyl/N-ethyl adjacent to an activating group) is 1. The van der Waals surface area contributed by atoms with E-state index in [1.165, 1.54) is 17.3 Å². The normalized spacial score (nSPS) is 22.7. The molecule has 2 aliphatic rings. The van der Waals surface area contributed by atoms with Crippen LogP contribution >= 0.6 is 23.1 Å². The molecule has 1 aromatic heterocycles. The second-order valence-electron chi connectivity index (χ2n) is 5.07. The Morgan fingerprint density at radius 3 is 2.70 bits per heavy atom. The fourth-order valence-electron chi connectivity index (χ4n) is 2.18. The van der Waals surface area contributed by atoms with Crippen LogP contribution in [-0.2, 0) is 4.79 Å². The highest BCUT2D eigenvalue weighted by Gasteiger charge is 2.27. The van der Waals surface area contributed by atoms with Crippen LogP contribution in [0.3, 0.4) is 0 Å². The van der Waals surface area contributed by atoms with Crippen LogP contribution in [0.2, 0.25) is 0 Å². The summed E-state index contributed by atoms with van der Waals surface area (Å²) in [6.45, 7) is 6.00. The van der Waals surface area contributed by atoms with Crippen molar-refractivity contribution < 1.29 is 4.79 Å². The lowest BCUT2D eigenvalue weighted by Crippen LogP contribution is -2.46. The van der Waals surface area contributed by atoms with Gasteiger partial charge in [0.1, 0.15) is 0 Å². The van der Waals surface area contributed by atoms with E-state index in [1.54, 1.807) is 11.3 Å². The van der Waals surface area contributed by atoms with Crippen LogP contribution in [0.15, 0.2) is 21.3 Å². The molecule has 1 fully saturated rings. The highest BCUT2D eigenvalue weighted by Crippen LogP contribution is 2.32. The van der Waals surface area contributed by atoms with Crippen molar-refractivity contribution in [2.75, 3.05) is 33.2 Å². The summed E-state index contributed by atoms with van der Waals surface area (Å²) in [5.41, 5.74) is 1.21. The summed E-state index contributed by atoms with van der Waals surface area (Å²) >= 11 is 3.17. The van der Waals surface area contributed by atoms with Gasteiger partial charge in [-0.3, -0.25) is 4.79 Å². The van der Waals surface area contributed by atoms with Gasteiger partial charge in [-0.05, 0) is 48.8 Å². The Labute approximate surface area is 127 Å². The lowest BCUT2D eigenvalue weighted by Gasteiger charge is -2.32. The Kier molecular flexibility index (Phi) is 3.96. The van der Waals surface area contributed by atoms with Crippen molar-refractivity contribution in [2.24, 2.45) is 4.99 Å². The molecule has 0 aliphatic carbocycles. The number of amidine groups is 1. The zero-order valence-electron chi connectivity index (χ0n) is 11.6. The molecule has 0 unspecified atom stereocenters. The maximum Gasteiger partial charge on any atom is 0.286 e. The van der Waals surface area contributed by atoms with Gasteiger partial charge >= 0.3 is 0 Å². The molecule has 106 valence electrons. The first-order valence-electron chi connectivity index (χ1n) is 6.63. The molecular weight excluding hydrogens is 290 g/mol. The van der Waals surface area contributed by atoms with Gasteiger partial charge in [-0.2, -0.15) is 4.99 Å². The summed E-state index contributed by atoms with van der Waals surface area (Å²) in [6.07, 6.45) is 1.97. The van der Waals surface area contributed by atoms with Crippen molar-refractivity contribution in [3.63, 3.8) is 0 Å². The van der Waals surface area contributed by atoms with Gasteiger partial charge in [-0.25, -0.2) is 0 Å². The maximum absolute atomic E-state index is 12.0. The molecule has 0 N–H and O–H groups in total. The lowest BCUT2D eigenvalue weighted by molar-refractivity contribution is -0.113. The molecule has 1 amide bonds. The maximum atomic E-state index is 12.0. The summed E-state index contributed by atoms with van der Waals surface area (Å²) in [4.78, 5) is 22.6. The number of hydrogen-bond acceptors (Lipinski definition) is 5. The van der Waals surface area contributed by atoms with Crippen LogP contribution in [0.4, 0.5) is 0 Å². The fraction of sp³-hybridized carbons (Fsp3) is 0.429. The van der Waals surface area contributed by atoms with Crippen LogP contribution in [0.25, 0.3) is 6.08 Å². The molecule has 6 heteroatoms. The van der Waals surface area contributed by atoms with E-state index in [0.29, 0.717) is 0 Å². The zero-order chi connectivity index (χ0) is 14.1. The third-order valence-corrected chi connectivity index (χ3v) is 5.56. The number of carbonyl (C=O) groups is 1. The number of thioether (sulfide) groups is 1. The highest BCUT2D eigenvalue weighted by atomic mass is 32.2. The SMILES string of the molecule is Cc1ccsc1/C=C1/SC(N2CCN(C)CC2)=NC1=O. The van der Waals surface area contributed by atoms with Gasteiger partial charge in [0.2, 0.25) is 0 Å². The van der Waals surface area contributed by atoms with Crippen molar-refractivity contribution in [2.45, 2.75) is 6.92 Å². The number of thiophene rings is 1. The number of aryl methyl sites for hydroxylation is 1. The average molecular weight is 307 g/mol. The lowest BCUT2D eigenvalue weighted by atomic mass is 10.3. The summed E-state index contributed by atoms with van der Waals surface area (Å²) in [5, 5.41) is 2.91. The molecule has 0 saturated carbocycles. The van der Waals surface area contributed by atoms with Crippen LogP contribution < -0.4 is 0 Å². The van der Waals surface area contributed by atoms with Gasteiger partial charge in [-0.15, -0.1) is 11.3 Å². The first-order valence-corrected chi connectivity index (χ1v) is 8.33. The van der Waals surface area contributed by atoms with Gasteiger partial charge in [0.25, 0.3) is 5.91 Å². The van der Waals surface area contributed by atoms with Crippen LogP contribution in [0.5, 0.6) is 0 Å². The van der Waals surface area contributed by atoms with Gasteiger partial charge in [0.15, 0.2) is 5.17 Å². The molecule has 0 aromatic carbocycles. The van der Waals surface area contributed by atoms with E-state index < -0.39 is 0 Å². The molecule has 1 saturated heterocycles. The van der Waals surface area contributed by atoms with Gasteiger partial charge in [0, 0.05) is 31.1 Å². The van der Waals surface area contributed by atoms with Crippen LogP contribution in [0, 0.1) is 6.92 Å². The second kappa shape index (κ2) is 5.71. The predicted molar refractivity (Wildman–Crippen MR) is 86.1 cm³/mol.